The highest BCUT2D eigenvalue weighted by atomic mass is 32.2. The van der Waals surface area contributed by atoms with Crippen molar-refractivity contribution in [3.63, 3.8) is 0 Å². The van der Waals surface area contributed by atoms with Crippen LogP contribution in [0.4, 0.5) is 4.79 Å². The van der Waals surface area contributed by atoms with Crippen LogP contribution in [0.1, 0.15) is 0 Å². The molecule has 12 heavy (non-hydrogen) atoms. The summed E-state index contributed by atoms with van der Waals surface area (Å²) in [5.41, 5.74) is 4.95. The number of amides is 2. The zero-order valence-corrected chi connectivity index (χ0v) is 7.23. The van der Waals surface area contributed by atoms with Crippen LogP contribution in [-0.4, -0.2) is 30.0 Å². The molecule has 0 rings (SSSR count). The number of alkyl carbamates (subject to hydrolysis) is 1. The van der Waals surface area contributed by atoms with Crippen LogP contribution in [0.15, 0.2) is 0 Å². The van der Waals surface area contributed by atoms with Crippen molar-refractivity contribution < 1.29 is 14.3 Å². The van der Waals surface area contributed by atoms with Crippen LogP contribution < -0.4 is 11.1 Å². The first kappa shape index (κ1) is 10.8. The van der Waals surface area contributed by atoms with Gasteiger partial charge in [-0.2, -0.15) is 0 Å². The first-order valence-electron chi connectivity index (χ1n) is 2.91. The van der Waals surface area contributed by atoms with E-state index in [1.165, 1.54) is 0 Å². The largest absolute Gasteiger partial charge is 0.453 e. The molecule has 0 fully saturated rings. The molecule has 0 aromatic carbocycles. The molecule has 0 unspecified atom stereocenters. The lowest BCUT2D eigenvalue weighted by Gasteiger charge is -2.00. The van der Waals surface area contributed by atoms with Crippen molar-refractivity contribution in [3.8, 4) is 0 Å². The summed E-state index contributed by atoms with van der Waals surface area (Å²) >= 11 is 0.833. The van der Waals surface area contributed by atoms with Crippen molar-refractivity contribution in [2.24, 2.45) is 5.73 Å². The fourth-order valence-electron chi connectivity index (χ4n) is 0.344. The van der Waals surface area contributed by atoms with E-state index in [9.17, 15) is 9.59 Å². The molecule has 0 bridgehead atoms. The van der Waals surface area contributed by atoms with Crippen molar-refractivity contribution in [2.45, 2.75) is 0 Å². The Morgan fingerprint density at radius 2 is 2.25 bits per heavy atom. The van der Waals surface area contributed by atoms with Gasteiger partial charge in [0.1, 0.15) is 0 Å². The van der Waals surface area contributed by atoms with Crippen molar-refractivity contribution >= 4 is 28.9 Å². The van der Waals surface area contributed by atoms with Crippen molar-refractivity contribution in [1.29, 1.82) is 5.41 Å². The molecular formula is C5H9N3O3S. The summed E-state index contributed by atoms with van der Waals surface area (Å²) < 4.78 is 4.16. The van der Waals surface area contributed by atoms with Gasteiger partial charge in [-0.15, -0.1) is 0 Å². The summed E-state index contributed by atoms with van der Waals surface area (Å²) in [7, 11) is 1.15. The van der Waals surface area contributed by atoms with Gasteiger partial charge < -0.3 is 10.5 Å². The van der Waals surface area contributed by atoms with Gasteiger partial charge in [-0.1, -0.05) is 11.8 Å². The third-order valence-electron chi connectivity index (χ3n) is 0.786. The summed E-state index contributed by atoms with van der Waals surface area (Å²) in [6.07, 6.45) is -0.816. The molecule has 0 aliphatic heterocycles. The third-order valence-corrected chi connectivity index (χ3v) is 1.50. The molecule has 0 atom stereocenters. The fourth-order valence-corrected chi connectivity index (χ4v) is 0.703. The van der Waals surface area contributed by atoms with E-state index >= 15 is 0 Å². The Bertz CT molecular complexity index is 206. The molecule has 0 spiro atoms. The molecule has 0 heterocycles. The Labute approximate surface area is 73.3 Å². The van der Waals surface area contributed by atoms with Gasteiger partial charge in [0.05, 0.1) is 12.9 Å². The minimum atomic E-state index is -0.816. The van der Waals surface area contributed by atoms with Gasteiger partial charge in [0.25, 0.3) is 0 Å². The Hall–Kier alpha value is -1.24. The SMILES string of the molecule is COC(=O)NC(=O)CSC(=N)N. The monoisotopic (exact) mass is 191 g/mol. The molecule has 4 N–H and O–H groups in total. The van der Waals surface area contributed by atoms with Gasteiger partial charge in [0.2, 0.25) is 5.91 Å². The predicted molar refractivity (Wildman–Crippen MR) is 44.9 cm³/mol. The Morgan fingerprint density at radius 1 is 1.67 bits per heavy atom. The summed E-state index contributed by atoms with van der Waals surface area (Å²) in [4.78, 5) is 21.2. The van der Waals surface area contributed by atoms with E-state index in [0.717, 1.165) is 18.9 Å². The molecule has 0 aromatic heterocycles. The van der Waals surface area contributed by atoms with E-state index in [2.05, 4.69) is 4.74 Å². The molecule has 0 aliphatic rings. The zero-order chi connectivity index (χ0) is 9.56. The number of rotatable bonds is 2. The van der Waals surface area contributed by atoms with E-state index in [0.29, 0.717) is 0 Å². The Kier molecular flexibility index (Phi) is 4.86. The number of hydrogen-bond acceptors (Lipinski definition) is 5. The van der Waals surface area contributed by atoms with Gasteiger partial charge in [-0.3, -0.25) is 15.5 Å². The third kappa shape index (κ3) is 5.54. The molecule has 6 nitrogen and oxygen atoms in total. The lowest BCUT2D eigenvalue weighted by Crippen LogP contribution is -2.32. The number of ether oxygens (including phenoxy) is 1. The molecular weight excluding hydrogens is 182 g/mol. The molecule has 0 aromatic rings. The number of imide groups is 1. The normalized spacial score (nSPS) is 8.75. The molecule has 0 aliphatic carbocycles. The zero-order valence-electron chi connectivity index (χ0n) is 6.42. The number of nitrogens with two attached hydrogens (primary N) is 1. The smallest absolute Gasteiger partial charge is 0.413 e. The van der Waals surface area contributed by atoms with Crippen molar-refractivity contribution in [1.82, 2.24) is 5.32 Å². The number of methoxy groups -OCH3 is 1. The second-order valence-corrected chi connectivity index (χ2v) is 2.71. The summed E-state index contributed by atoms with van der Waals surface area (Å²) in [5.74, 6) is -0.605. The highest BCUT2D eigenvalue weighted by molar-refractivity contribution is 8.14. The van der Waals surface area contributed by atoms with E-state index < -0.39 is 12.0 Å². The maximum Gasteiger partial charge on any atom is 0.413 e. The predicted octanol–water partition coefficient (Wildman–Crippen LogP) is -0.504. The van der Waals surface area contributed by atoms with E-state index in [1.54, 1.807) is 0 Å². The lowest BCUT2D eigenvalue weighted by atomic mass is 10.7. The van der Waals surface area contributed by atoms with Crippen LogP contribution >= 0.6 is 11.8 Å². The minimum absolute atomic E-state index is 0.0650. The van der Waals surface area contributed by atoms with Crippen molar-refractivity contribution in [2.75, 3.05) is 12.9 Å². The second kappa shape index (κ2) is 5.42. The molecule has 2 amide bonds. The first-order chi connectivity index (χ1) is 5.56. The maximum absolute atomic E-state index is 10.7. The second-order valence-electron chi connectivity index (χ2n) is 1.69. The van der Waals surface area contributed by atoms with Crippen LogP contribution in [0.3, 0.4) is 0 Å². The lowest BCUT2D eigenvalue weighted by molar-refractivity contribution is -0.117. The van der Waals surface area contributed by atoms with Gasteiger partial charge in [-0.25, -0.2) is 4.79 Å². The minimum Gasteiger partial charge on any atom is -0.453 e. The fraction of sp³-hybridized carbons (Fsp3) is 0.400. The Morgan fingerprint density at radius 3 is 2.67 bits per heavy atom. The highest BCUT2D eigenvalue weighted by Crippen LogP contribution is 1.95. The number of hydrogen-bond donors (Lipinski definition) is 3. The summed E-state index contributed by atoms with van der Waals surface area (Å²) in [6.45, 7) is 0. The van der Waals surface area contributed by atoms with Crippen LogP contribution in [0, 0.1) is 5.41 Å². The highest BCUT2D eigenvalue weighted by Gasteiger charge is 2.07. The molecule has 0 saturated heterocycles. The average Bonchev–Trinajstić information content (AvgIpc) is 2.00. The van der Waals surface area contributed by atoms with Crippen LogP contribution in [0.2, 0.25) is 0 Å². The van der Waals surface area contributed by atoms with Crippen LogP contribution in [0.25, 0.3) is 0 Å². The standard InChI is InChI=1S/C5H9N3O3S/c1-11-5(10)8-3(9)2-12-4(6)7/h2H2,1H3,(H3,6,7)(H,8,9,10). The Balaban J connectivity index is 3.60. The topological polar surface area (TPSA) is 105 Å². The number of carbonyl (C=O) groups excluding carboxylic acids is 2. The van der Waals surface area contributed by atoms with Crippen LogP contribution in [-0.2, 0) is 9.53 Å². The molecule has 0 saturated carbocycles. The number of carbonyl (C=O) groups is 2. The molecule has 0 radical (unpaired) electrons. The van der Waals surface area contributed by atoms with Gasteiger partial charge in [-0.05, 0) is 0 Å². The van der Waals surface area contributed by atoms with Gasteiger partial charge in [0.15, 0.2) is 5.17 Å². The van der Waals surface area contributed by atoms with Crippen LogP contribution in [0.5, 0.6) is 0 Å². The summed E-state index contributed by atoms with van der Waals surface area (Å²) in [5, 5.41) is 8.50. The van der Waals surface area contributed by atoms with Gasteiger partial charge >= 0.3 is 6.09 Å². The first-order valence-corrected chi connectivity index (χ1v) is 3.89. The van der Waals surface area contributed by atoms with E-state index in [1.807, 2.05) is 5.32 Å². The number of nitrogens with one attached hydrogen (secondary N) is 2. The van der Waals surface area contributed by atoms with E-state index in [4.69, 9.17) is 11.1 Å². The maximum atomic E-state index is 10.7. The number of thioether (sulfide) groups is 1. The number of amidine groups is 1. The quantitative estimate of drug-likeness (QED) is 0.403. The summed E-state index contributed by atoms with van der Waals surface area (Å²) in [6, 6.07) is 0. The van der Waals surface area contributed by atoms with Crippen molar-refractivity contribution in [3.05, 3.63) is 0 Å². The molecule has 7 heteroatoms. The molecule has 68 valence electrons. The average molecular weight is 191 g/mol. The van der Waals surface area contributed by atoms with E-state index in [-0.39, 0.29) is 10.9 Å². The van der Waals surface area contributed by atoms with Gasteiger partial charge in [0, 0.05) is 0 Å².